The lowest BCUT2D eigenvalue weighted by Gasteiger charge is -2.43. The van der Waals surface area contributed by atoms with Crippen molar-refractivity contribution in [3.05, 3.63) is 84.4 Å². The molecular formula is C25H13BN2S2. The zero-order valence-corrected chi connectivity index (χ0v) is 17.4. The number of hydrogen-bond acceptors (Lipinski definition) is 4. The Bertz CT molecular complexity index is 1350. The number of nitrogens with zero attached hydrogens (tertiary/aromatic N) is 2. The maximum absolute atomic E-state index is 9.57. The van der Waals surface area contributed by atoms with E-state index in [4.69, 9.17) is 0 Å². The molecule has 0 saturated heterocycles. The van der Waals surface area contributed by atoms with Gasteiger partial charge in [0.15, 0.2) is 0 Å². The first-order chi connectivity index (χ1) is 14.8. The molecule has 5 heteroatoms. The van der Waals surface area contributed by atoms with E-state index in [2.05, 4.69) is 89.8 Å². The van der Waals surface area contributed by atoms with Crippen LogP contribution in [0, 0.1) is 11.3 Å². The van der Waals surface area contributed by atoms with Gasteiger partial charge in [0.1, 0.15) is 0 Å². The third-order valence-electron chi connectivity index (χ3n) is 6.12. The van der Waals surface area contributed by atoms with Crippen molar-refractivity contribution < 1.29 is 0 Å². The summed E-state index contributed by atoms with van der Waals surface area (Å²) < 4.78 is 0. The minimum Gasteiger partial charge on any atom is -0.311 e. The van der Waals surface area contributed by atoms with Gasteiger partial charge in [-0.1, -0.05) is 53.9 Å². The van der Waals surface area contributed by atoms with Gasteiger partial charge in [-0.2, -0.15) is 5.26 Å². The first-order valence-electron chi connectivity index (χ1n) is 9.88. The fourth-order valence-electron chi connectivity index (χ4n) is 4.99. The molecule has 0 amide bonds. The van der Waals surface area contributed by atoms with Crippen LogP contribution in [0.15, 0.2) is 98.4 Å². The number of hydrogen-bond donors (Lipinski definition) is 0. The topological polar surface area (TPSA) is 27.0 Å². The van der Waals surface area contributed by atoms with Crippen LogP contribution in [0.4, 0.5) is 17.1 Å². The molecule has 0 unspecified atom stereocenters. The van der Waals surface area contributed by atoms with Crippen LogP contribution in [0.2, 0.25) is 0 Å². The summed E-state index contributed by atoms with van der Waals surface area (Å²) >= 11 is 3.61. The van der Waals surface area contributed by atoms with E-state index in [0.717, 1.165) is 5.56 Å². The molecule has 0 atom stereocenters. The molecule has 3 aliphatic rings. The van der Waals surface area contributed by atoms with Crippen molar-refractivity contribution in [2.45, 2.75) is 19.6 Å². The maximum Gasteiger partial charge on any atom is 0.252 e. The SMILES string of the molecule is N#Cc1cc2c3c(c1)Sc1cccc4c1B3c1c(cccc1N4c1ccccc1)S2. The third kappa shape index (κ3) is 2.08. The van der Waals surface area contributed by atoms with Crippen LogP contribution < -0.4 is 21.3 Å². The van der Waals surface area contributed by atoms with Gasteiger partial charge in [0.05, 0.1) is 11.6 Å². The fraction of sp³-hybridized carbons (Fsp3) is 0. The first-order valence-corrected chi connectivity index (χ1v) is 11.5. The summed E-state index contributed by atoms with van der Waals surface area (Å²) in [4.78, 5) is 7.44. The van der Waals surface area contributed by atoms with Gasteiger partial charge in [-0.05, 0) is 64.9 Å². The van der Waals surface area contributed by atoms with Crippen LogP contribution in [0.3, 0.4) is 0 Å². The highest BCUT2D eigenvalue weighted by atomic mass is 32.2. The lowest BCUT2D eigenvalue weighted by atomic mass is 9.34. The van der Waals surface area contributed by atoms with Crippen LogP contribution in [-0.4, -0.2) is 6.71 Å². The van der Waals surface area contributed by atoms with Crippen LogP contribution in [-0.2, 0) is 0 Å². The molecule has 0 bridgehead atoms. The standard InChI is InChI=1S/C25H13BN2S2/c27-14-15-12-21-25-22(13-15)30-20-11-5-9-18-24(20)26(25)23-17(8-4-10-19(23)29-21)28(18)16-6-2-1-3-7-16/h1-13H. The lowest BCUT2D eigenvalue weighted by molar-refractivity contribution is 1.23. The second-order valence-corrected chi connectivity index (χ2v) is 9.85. The Labute approximate surface area is 183 Å². The van der Waals surface area contributed by atoms with E-state index in [1.807, 2.05) is 0 Å². The Kier molecular flexibility index (Phi) is 3.33. The molecule has 3 aliphatic heterocycles. The molecule has 0 radical (unpaired) electrons. The molecule has 7 rings (SSSR count). The summed E-state index contributed by atoms with van der Waals surface area (Å²) in [5.74, 6) is 0. The molecular weight excluding hydrogens is 403 g/mol. The minimum absolute atomic E-state index is 0.225. The quantitative estimate of drug-likeness (QED) is 0.360. The molecule has 0 fully saturated rings. The van der Waals surface area contributed by atoms with Gasteiger partial charge in [-0.25, -0.2) is 0 Å². The van der Waals surface area contributed by atoms with Crippen LogP contribution >= 0.6 is 23.5 Å². The number of anilines is 3. The highest BCUT2D eigenvalue weighted by Crippen LogP contribution is 2.46. The second-order valence-electron chi connectivity index (χ2n) is 7.68. The van der Waals surface area contributed by atoms with Gasteiger partial charge in [0.2, 0.25) is 0 Å². The van der Waals surface area contributed by atoms with Crippen molar-refractivity contribution in [1.82, 2.24) is 0 Å². The van der Waals surface area contributed by atoms with E-state index in [0.29, 0.717) is 0 Å². The van der Waals surface area contributed by atoms with E-state index in [-0.39, 0.29) is 6.71 Å². The number of benzene rings is 4. The van der Waals surface area contributed by atoms with Crippen molar-refractivity contribution >= 4 is 63.7 Å². The number of para-hydroxylation sites is 1. The predicted octanol–water partition coefficient (Wildman–Crippen LogP) is 4.79. The van der Waals surface area contributed by atoms with E-state index in [1.54, 1.807) is 23.5 Å². The molecule has 138 valence electrons. The highest BCUT2D eigenvalue weighted by molar-refractivity contribution is 8.01. The highest BCUT2D eigenvalue weighted by Gasteiger charge is 2.45. The Balaban J connectivity index is 1.61. The van der Waals surface area contributed by atoms with E-state index in [1.165, 1.54) is 53.0 Å². The maximum atomic E-state index is 9.57. The predicted molar refractivity (Wildman–Crippen MR) is 125 cm³/mol. The van der Waals surface area contributed by atoms with Crippen LogP contribution in [0.1, 0.15) is 5.56 Å². The van der Waals surface area contributed by atoms with E-state index in [9.17, 15) is 5.26 Å². The summed E-state index contributed by atoms with van der Waals surface area (Å²) in [5.41, 5.74) is 8.60. The Hall–Kier alpha value is -3.07. The summed E-state index contributed by atoms with van der Waals surface area (Å²) in [7, 11) is 0. The molecule has 0 N–H and O–H groups in total. The van der Waals surface area contributed by atoms with Crippen molar-refractivity contribution in [3.8, 4) is 6.07 Å². The summed E-state index contributed by atoms with van der Waals surface area (Å²) in [6.07, 6.45) is 0. The zero-order chi connectivity index (χ0) is 19.8. The van der Waals surface area contributed by atoms with Gasteiger partial charge < -0.3 is 4.90 Å². The van der Waals surface area contributed by atoms with Gasteiger partial charge in [-0.3, -0.25) is 0 Å². The summed E-state index contributed by atoms with van der Waals surface area (Å²) in [5, 5.41) is 9.57. The smallest absolute Gasteiger partial charge is 0.252 e. The average Bonchev–Trinajstić information content (AvgIpc) is 2.79. The van der Waals surface area contributed by atoms with Crippen molar-refractivity contribution in [2.75, 3.05) is 4.90 Å². The largest absolute Gasteiger partial charge is 0.311 e. The fourth-order valence-corrected chi connectivity index (χ4v) is 7.53. The molecule has 0 aliphatic carbocycles. The average molecular weight is 416 g/mol. The molecule has 2 nitrogen and oxygen atoms in total. The van der Waals surface area contributed by atoms with Crippen molar-refractivity contribution in [3.63, 3.8) is 0 Å². The molecule has 0 saturated carbocycles. The molecule has 0 spiro atoms. The second kappa shape index (κ2) is 5.98. The van der Waals surface area contributed by atoms with Gasteiger partial charge in [0, 0.05) is 36.6 Å². The molecule has 4 aromatic carbocycles. The number of nitriles is 1. The van der Waals surface area contributed by atoms with E-state index >= 15 is 0 Å². The first kappa shape index (κ1) is 16.7. The van der Waals surface area contributed by atoms with Crippen molar-refractivity contribution in [2.24, 2.45) is 0 Å². The van der Waals surface area contributed by atoms with Gasteiger partial charge >= 0.3 is 0 Å². The minimum atomic E-state index is 0.225. The molecule has 30 heavy (non-hydrogen) atoms. The number of rotatable bonds is 1. The Morgan fingerprint density at radius 3 is 1.83 bits per heavy atom. The molecule has 3 heterocycles. The van der Waals surface area contributed by atoms with Gasteiger partial charge in [0.25, 0.3) is 6.71 Å². The van der Waals surface area contributed by atoms with E-state index < -0.39 is 0 Å². The Morgan fingerprint density at radius 2 is 1.27 bits per heavy atom. The third-order valence-corrected chi connectivity index (χ3v) is 8.39. The molecule has 0 aromatic heterocycles. The lowest BCUT2D eigenvalue weighted by Crippen LogP contribution is -2.62. The monoisotopic (exact) mass is 416 g/mol. The summed E-state index contributed by atoms with van der Waals surface area (Å²) in [6, 6.07) is 30.4. The van der Waals surface area contributed by atoms with Gasteiger partial charge in [-0.15, -0.1) is 0 Å². The van der Waals surface area contributed by atoms with Crippen molar-refractivity contribution in [1.29, 1.82) is 5.26 Å². The Morgan fingerprint density at radius 1 is 0.667 bits per heavy atom. The van der Waals surface area contributed by atoms with Crippen LogP contribution in [0.5, 0.6) is 0 Å². The van der Waals surface area contributed by atoms with Crippen LogP contribution in [0.25, 0.3) is 0 Å². The summed E-state index contributed by atoms with van der Waals surface area (Å²) in [6.45, 7) is 0.225. The molecule has 4 aromatic rings. The zero-order valence-electron chi connectivity index (χ0n) is 15.8. The normalized spacial score (nSPS) is 14.2.